The number of hydrogen-bond donors (Lipinski definition) is 3. The number of benzene rings is 3. The van der Waals surface area contributed by atoms with Gasteiger partial charge in [0.15, 0.2) is 11.7 Å². The Labute approximate surface area is 242 Å². The van der Waals surface area contributed by atoms with Crippen molar-refractivity contribution in [2.24, 2.45) is 5.10 Å². The van der Waals surface area contributed by atoms with Gasteiger partial charge in [0.25, 0.3) is 5.91 Å². The van der Waals surface area contributed by atoms with Crippen molar-refractivity contribution in [2.45, 2.75) is 26.5 Å². The highest BCUT2D eigenvalue weighted by Gasteiger charge is 2.32. The Bertz CT molecular complexity index is 1480. The van der Waals surface area contributed by atoms with Gasteiger partial charge >= 0.3 is 5.97 Å². The molecule has 0 spiro atoms. The Morgan fingerprint density at radius 2 is 1.73 bits per heavy atom. The number of nitrogens with zero attached hydrogens (tertiary/aromatic N) is 1. The van der Waals surface area contributed by atoms with Crippen molar-refractivity contribution in [1.29, 1.82) is 0 Å². The standard InChI is InChI=1S/C30H29FN4O5S/c1-3-38-29(37)27-19(2)33-30(41)34-28(27)23-9-5-7-11-25(23)40-18-26(36)35-32-16-21-8-4-6-10-24(21)39-17-20-12-14-22(31)15-13-20/h4-16,28H,3,17-18H2,1-2H3,(H,35,36)(H2,33,34,41)/t28-/m1/s1. The van der Waals surface area contributed by atoms with Gasteiger partial charge in [-0.1, -0.05) is 42.5 Å². The second-order valence-electron chi connectivity index (χ2n) is 8.86. The normalized spacial score (nSPS) is 14.7. The number of hydrazone groups is 1. The van der Waals surface area contributed by atoms with Gasteiger partial charge in [-0.05, 0) is 62.0 Å². The summed E-state index contributed by atoms with van der Waals surface area (Å²) in [5.74, 6) is -0.353. The summed E-state index contributed by atoms with van der Waals surface area (Å²) in [5, 5.41) is 10.4. The van der Waals surface area contributed by atoms with E-state index in [1.165, 1.54) is 18.3 Å². The van der Waals surface area contributed by atoms with Crippen LogP contribution >= 0.6 is 12.2 Å². The molecule has 212 valence electrons. The van der Waals surface area contributed by atoms with Gasteiger partial charge in [-0.2, -0.15) is 5.10 Å². The fraction of sp³-hybridized carbons (Fsp3) is 0.200. The average molecular weight is 577 g/mol. The smallest absolute Gasteiger partial charge is 0.338 e. The number of ether oxygens (including phenoxy) is 3. The molecule has 1 aliphatic heterocycles. The van der Waals surface area contributed by atoms with Crippen LogP contribution in [0.1, 0.15) is 36.6 Å². The van der Waals surface area contributed by atoms with E-state index in [1.54, 1.807) is 62.4 Å². The molecule has 4 rings (SSSR count). The van der Waals surface area contributed by atoms with Gasteiger partial charge in [-0.3, -0.25) is 4.79 Å². The highest BCUT2D eigenvalue weighted by Crippen LogP contribution is 2.33. The highest BCUT2D eigenvalue weighted by molar-refractivity contribution is 7.80. The van der Waals surface area contributed by atoms with E-state index in [9.17, 15) is 14.0 Å². The first kappa shape index (κ1) is 29.2. The third-order valence-electron chi connectivity index (χ3n) is 5.97. The number of esters is 1. The predicted molar refractivity (Wildman–Crippen MR) is 156 cm³/mol. The van der Waals surface area contributed by atoms with Crippen LogP contribution in [0.25, 0.3) is 0 Å². The van der Waals surface area contributed by atoms with Crippen LogP contribution in [0.4, 0.5) is 4.39 Å². The van der Waals surface area contributed by atoms with E-state index in [0.29, 0.717) is 39.0 Å². The van der Waals surface area contributed by atoms with E-state index < -0.39 is 17.9 Å². The van der Waals surface area contributed by atoms with E-state index in [2.05, 4.69) is 21.2 Å². The monoisotopic (exact) mass is 576 g/mol. The van der Waals surface area contributed by atoms with Crippen LogP contribution in [0.5, 0.6) is 11.5 Å². The minimum Gasteiger partial charge on any atom is -0.488 e. The molecule has 0 bridgehead atoms. The molecular formula is C30H29FN4O5S. The van der Waals surface area contributed by atoms with Gasteiger partial charge in [0.05, 0.1) is 24.4 Å². The minimum atomic E-state index is -0.633. The number of hydrogen-bond acceptors (Lipinski definition) is 7. The predicted octanol–water partition coefficient (Wildman–Crippen LogP) is 4.29. The van der Waals surface area contributed by atoms with Gasteiger partial charge in [0.2, 0.25) is 0 Å². The fourth-order valence-electron chi connectivity index (χ4n) is 4.07. The summed E-state index contributed by atoms with van der Waals surface area (Å²) in [6, 6.07) is 19.6. The van der Waals surface area contributed by atoms with Crippen molar-refractivity contribution in [2.75, 3.05) is 13.2 Å². The van der Waals surface area contributed by atoms with Gasteiger partial charge in [0.1, 0.15) is 23.9 Å². The maximum Gasteiger partial charge on any atom is 0.338 e. The molecule has 1 aliphatic rings. The molecule has 3 aromatic rings. The Kier molecular flexibility index (Phi) is 10.0. The molecule has 0 fully saturated rings. The number of nitrogens with one attached hydrogen (secondary N) is 3. The second kappa shape index (κ2) is 14.0. The molecule has 1 heterocycles. The lowest BCUT2D eigenvalue weighted by Gasteiger charge is -2.30. The summed E-state index contributed by atoms with van der Waals surface area (Å²) in [6.45, 7) is 3.61. The number of rotatable bonds is 11. The molecule has 0 radical (unpaired) electrons. The zero-order chi connectivity index (χ0) is 29.2. The van der Waals surface area contributed by atoms with Crippen molar-refractivity contribution in [3.8, 4) is 11.5 Å². The first-order chi connectivity index (χ1) is 19.9. The molecule has 41 heavy (non-hydrogen) atoms. The number of allylic oxidation sites excluding steroid dienone is 1. The number of halogens is 1. The molecular weight excluding hydrogens is 547 g/mol. The molecule has 3 aromatic carbocycles. The molecule has 3 N–H and O–H groups in total. The lowest BCUT2D eigenvalue weighted by molar-refractivity contribution is -0.139. The summed E-state index contributed by atoms with van der Waals surface area (Å²) in [7, 11) is 0. The number of carbonyl (C=O) groups excluding carboxylic acids is 2. The zero-order valence-corrected chi connectivity index (χ0v) is 23.3. The first-order valence-corrected chi connectivity index (χ1v) is 13.2. The number of carbonyl (C=O) groups is 2. The minimum absolute atomic E-state index is 0.219. The van der Waals surface area contributed by atoms with Gasteiger partial charge in [-0.15, -0.1) is 0 Å². The van der Waals surface area contributed by atoms with Crippen LogP contribution in [-0.2, 0) is 20.9 Å². The van der Waals surface area contributed by atoms with Crippen LogP contribution in [0, 0.1) is 5.82 Å². The molecule has 0 aromatic heterocycles. The van der Waals surface area contributed by atoms with Gasteiger partial charge < -0.3 is 24.8 Å². The van der Waals surface area contributed by atoms with Crippen molar-refractivity contribution in [3.63, 3.8) is 0 Å². The van der Waals surface area contributed by atoms with E-state index in [-0.39, 0.29) is 25.6 Å². The van der Waals surface area contributed by atoms with Crippen LogP contribution in [0.2, 0.25) is 0 Å². The van der Waals surface area contributed by atoms with E-state index in [1.807, 2.05) is 12.1 Å². The van der Waals surface area contributed by atoms with Gasteiger partial charge in [0, 0.05) is 16.8 Å². The van der Waals surface area contributed by atoms with Crippen LogP contribution < -0.4 is 25.5 Å². The van der Waals surface area contributed by atoms with Crippen LogP contribution in [0.3, 0.4) is 0 Å². The summed E-state index contributed by atoms with van der Waals surface area (Å²) in [4.78, 5) is 25.3. The third-order valence-corrected chi connectivity index (χ3v) is 6.19. The quantitative estimate of drug-likeness (QED) is 0.134. The largest absolute Gasteiger partial charge is 0.488 e. The Morgan fingerprint density at radius 1 is 1.02 bits per heavy atom. The molecule has 0 saturated heterocycles. The highest BCUT2D eigenvalue weighted by atomic mass is 32.1. The van der Waals surface area contributed by atoms with Crippen molar-refractivity contribution in [3.05, 3.63) is 107 Å². The SMILES string of the molecule is CCOC(=O)C1=C(C)NC(=S)N[C@@H]1c1ccccc1OCC(=O)NN=Cc1ccccc1OCc1ccc(F)cc1. The lowest BCUT2D eigenvalue weighted by atomic mass is 9.95. The lowest BCUT2D eigenvalue weighted by Crippen LogP contribution is -2.45. The van der Waals surface area contributed by atoms with Crippen molar-refractivity contribution < 1.29 is 28.2 Å². The van der Waals surface area contributed by atoms with Crippen LogP contribution in [-0.4, -0.2) is 36.4 Å². The number of para-hydroxylation sites is 2. The Morgan fingerprint density at radius 3 is 2.49 bits per heavy atom. The van der Waals surface area contributed by atoms with E-state index in [0.717, 1.165) is 5.56 Å². The van der Waals surface area contributed by atoms with E-state index >= 15 is 0 Å². The molecule has 0 unspecified atom stereocenters. The molecule has 11 heteroatoms. The van der Waals surface area contributed by atoms with E-state index in [4.69, 9.17) is 26.4 Å². The average Bonchev–Trinajstić information content (AvgIpc) is 2.96. The maximum absolute atomic E-state index is 13.1. The first-order valence-electron chi connectivity index (χ1n) is 12.8. The second-order valence-corrected chi connectivity index (χ2v) is 9.27. The molecule has 0 aliphatic carbocycles. The van der Waals surface area contributed by atoms with Gasteiger partial charge in [-0.25, -0.2) is 14.6 Å². The maximum atomic E-state index is 13.1. The van der Waals surface area contributed by atoms with Crippen LogP contribution in [0.15, 0.2) is 89.2 Å². The molecule has 0 saturated carbocycles. The summed E-state index contributed by atoms with van der Waals surface area (Å²) in [6.07, 6.45) is 1.46. The summed E-state index contributed by atoms with van der Waals surface area (Å²) >= 11 is 5.30. The number of thiocarbonyl (C=S) groups is 1. The third kappa shape index (κ3) is 7.89. The Balaban J connectivity index is 1.39. The fourth-order valence-corrected chi connectivity index (χ4v) is 4.34. The summed E-state index contributed by atoms with van der Waals surface area (Å²) < 4.78 is 30.1. The van der Waals surface area contributed by atoms with Crippen molar-refractivity contribution in [1.82, 2.24) is 16.1 Å². The molecule has 1 atom stereocenters. The summed E-state index contributed by atoms with van der Waals surface area (Å²) in [5.41, 5.74) is 5.45. The topological polar surface area (TPSA) is 110 Å². The zero-order valence-electron chi connectivity index (χ0n) is 22.5. The van der Waals surface area contributed by atoms with Crippen molar-refractivity contribution >= 4 is 35.4 Å². The Hall–Kier alpha value is -4.77. The molecule has 1 amide bonds. The molecule has 9 nitrogen and oxygen atoms in total. The number of amides is 1.